The summed E-state index contributed by atoms with van der Waals surface area (Å²) in [7, 11) is 0. The number of benzene rings is 1. The molecule has 4 N–H and O–H groups in total. The maximum Gasteiger partial charge on any atom is 0.142 e. The quantitative estimate of drug-likeness (QED) is 0.319. The highest BCUT2D eigenvalue weighted by molar-refractivity contribution is 5.60. The Labute approximate surface area is 214 Å². The first-order valence-electron chi connectivity index (χ1n) is 14.7. The second-order valence-corrected chi connectivity index (χ2v) is 13.5. The van der Waals surface area contributed by atoms with Crippen molar-refractivity contribution in [3.05, 3.63) is 29.8 Å². The molecule has 0 amide bonds. The summed E-state index contributed by atoms with van der Waals surface area (Å²) < 4.78 is 6.47. The lowest BCUT2D eigenvalue weighted by Gasteiger charge is -2.51. The van der Waals surface area contributed by atoms with Crippen LogP contribution >= 0.6 is 0 Å². The molecule has 0 aliphatic heterocycles. The predicted octanol–water partition coefficient (Wildman–Crippen LogP) is 8.39. The molecular formula is C32H50N2O. The highest BCUT2D eigenvalue weighted by atomic mass is 16.5. The summed E-state index contributed by atoms with van der Waals surface area (Å²) >= 11 is 0. The number of rotatable bonds is 6. The van der Waals surface area contributed by atoms with Crippen LogP contribution in [0.15, 0.2) is 29.8 Å². The van der Waals surface area contributed by atoms with Crippen LogP contribution in [0.5, 0.6) is 5.75 Å². The molecule has 8 unspecified atom stereocenters. The normalized spacial score (nSPS) is 39.1. The fourth-order valence-corrected chi connectivity index (χ4v) is 9.53. The molecule has 1 aromatic rings. The maximum atomic E-state index is 6.47. The van der Waals surface area contributed by atoms with Crippen molar-refractivity contribution >= 4 is 11.4 Å². The fraction of sp³-hybridized carbons (Fsp3) is 0.750. The van der Waals surface area contributed by atoms with Gasteiger partial charge in [-0.3, -0.25) is 0 Å². The van der Waals surface area contributed by atoms with Crippen molar-refractivity contribution in [1.29, 1.82) is 0 Å². The molecule has 194 valence electrons. The Morgan fingerprint density at radius 3 is 2.69 bits per heavy atom. The zero-order valence-corrected chi connectivity index (χ0v) is 22.8. The Bertz CT molecular complexity index is 935. The minimum absolute atomic E-state index is 0.300. The van der Waals surface area contributed by atoms with Gasteiger partial charge in [-0.1, -0.05) is 25.5 Å². The molecule has 0 aromatic heterocycles. The van der Waals surface area contributed by atoms with Gasteiger partial charge in [0.15, 0.2) is 0 Å². The van der Waals surface area contributed by atoms with Crippen molar-refractivity contribution in [2.45, 2.75) is 111 Å². The number of hydrogen-bond acceptors (Lipinski definition) is 3. The number of nitrogen functional groups attached to an aromatic ring is 2. The minimum atomic E-state index is 0.300. The number of anilines is 2. The lowest BCUT2D eigenvalue weighted by molar-refractivity contribution is -0.0336. The largest absolute Gasteiger partial charge is 0.488 e. The molecule has 2 bridgehead atoms. The van der Waals surface area contributed by atoms with Crippen LogP contribution in [-0.2, 0) is 0 Å². The molecule has 1 aromatic carbocycles. The van der Waals surface area contributed by atoms with E-state index in [0.29, 0.717) is 28.3 Å². The summed E-state index contributed by atoms with van der Waals surface area (Å²) in [5.41, 5.74) is 16.1. The predicted molar refractivity (Wildman–Crippen MR) is 148 cm³/mol. The smallest absolute Gasteiger partial charge is 0.142 e. The van der Waals surface area contributed by atoms with Gasteiger partial charge in [0.05, 0.1) is 11.8 Å². The average Bonchev–Trinajstić information content (AvgIpc) is 3.12. The van der Waals surface area contributed by atoms with Crippen LogP contribution < -0.4 is 16.2 Å². The fourth-order valence-electron chi connectivity index (χ4n) is 9.53. The Balaban J connectivity index is 1.27. The summed E-state index contributed by atoms with van der Waals surface area (Å²) in [5.74, 6) is 5.33. The van der Waals surface area contributed by atoms with Gasteiger partial charge in [0.25, 0.3) is 0 Å². The van der Waals surface area contributed by atoms with Crippen LogP contribution in [0.2, 0.25) is 0 Å². The first kappa shape index (κ1) is 25.0. The van der Waals surface area contributed by atoms with E-state index in [0.717, 1.165) is 35.3 Å². The van der Waals surface area contributed by atoms with Crippen molar-refractivity contribution in [1.82, 2.24) is 0 Å². The standard InChI is InChI=1S/C32H50N2O/c1-21(2)6-5-7-22(3)27-11-12-28-23-8-9-24-18-26(35-30-13-10-25(33)19-29(30)34)14-15-32(24,20-23)17-16-31(27,28)4/h6,10,13,19,22-24,26-28H,5,7-9,11-12,14-18,20,33-34H2,1-4H3. The lowest BCUT2D eigenvalue weighted by Crippen LogP contribution is -2.44. The molecular weight excluding hydrogens is 428 g/mol. The second kappa shape index (κ2) is 9.67. The van der Waals surface area contributed by atoms with E-state index in [1.54, 1.807) is 0 Å². The van der Waals surface area contributed by atoms with Gasteiger partial charge in [-0.05, 0) is 150 Å². The summed E-state index contributed by atoms with van der Waals surface area (Å²) in [6.45, 7) is 9.77. The number of nitrogens with two attached hydrogens (primary N) is 2. The second-order valence-electron chi connectivity index (χ2n) is 13.5. The monoisotopic (exact) mass is 478 g/mol. The van der Waals surface area contributed by atoms with Crippen molar-refractivity contribution in [3.63, 3.8) is 0 Å². The van der Waals surface area contributed by atoms with Gasteiger partial charge >= 0.3 is 0 Å². The van der Waals surface area contributed by atoms with Crippen LogP contribution in [0.4, 0.5) is 11.4 Å². The van der Waals surface area contributed by atoms with Crippen LogP contribution in [0, 0.1) is 40.4 Å². The molecule has 1 spiro atoms. The van der Waals surface area contributed by atoms with Gasteiger partial charge in [0.2, 0.25) is 0 Å². The van der Waals surface area contributed by atoms with Gasteiger partial charge in [-0.15, -0.1) is 0 Å². The van der Waals surface area contributed by atoms with Crippen LogP contribution in [0.1, 0.15) is 105 Å². The Hall–Kier alpha value is -1.64. The molecule has 4 fully saturated rings. The lowest BCUT2D eigenvalue weighted by atomic mass is 9.55. The van der Waals surface area contributed by atoms with E-state index >= 15 is 0 Å². The summed E-state index contributed by atoms with van der Waals surface area (Å²) in [6, 6.07) is 5.69. The molecule has 0 saturated heterocycles. The molecule has 5 rings (SSSR count). The first-order valence-corrected chi connectivity index (χ1v) is 14.7. The van der Waals surface area contributed by atoms with Gasteiger partial charge < -0.3 is 16.2 Å². The maximum absolute atomic E-state index is 6.47. The van der Waals surface area contributed by atoms with Gasteiger partial charge in [-0.2, -0.15) is 0 Å². The Morgan fingerprint density at radius 2 is 1.91 bits per heavy atom. The van der Waals surface area contributed by atoms with Crippen molar-refractivity contribution in [3.8, 4) is 5.75 Å². The third-order valence-corrected chi connectivity index (χ3v) is 11.3. The van der Waals surface area contributed by atoms with Crippen molar-refractivity contribution in [2.24, 2.45) is 40.4 Å². The van der Waals surface area contributed by atoms with E-state index in [2.05, 4.69) is 33.8 Å². The molecule has 0 radical (unpaired) electrons. The Kier molecular flexibility index (Phi) is 6.92. The van der Waals surface area contributed by atoms with Crippen molar-refractivity contribution < 1.29 is 4.74 Å². The third kappa shape index (κ3) is 4.74. The van der Waals surface area contributed by atoms with Crippen LogP contribution in [0.25, 0.3) is 0 Å². The van der Waals surface area contributed by atoms with Crippen molar-refractivity contribution in [2.75, 3.05) is 11.5 Å². The molecule has 3 heteroatoms. The molecule has 4 aliphatic carbocycles. The molecule has 35 heavy (non-hydrogen) atoms. The van der Waals surface area contributed by atoms with Gasteiger partial charge in [0, 0.05) is 5.69 Å². The summed E-state index contributed by atoms with van der Waals surface area (Å²) in [6.07, 6.45) is 19.3. The van der Waals surface area contributed by atoms with Gasteiger partial charge in [-0.25, -0.2) is 0 Å². The highest BCUT2D eigenvalue weighted by Gasteiger charge is 2.58. The Morgan fingerprint density at radius 1 is 1.09 bits per heavy atom. The molecule has 8 atom stereocenters. The van der Waals surface area contributed by atoms with E-state index in [4.69, 9.17) is 16.2 Å². The SMILES string of the molecule is CC(C)=CCCC(C)C1CCC2C3CCC4CC(Oc5ccc(N)cc5N)CCC4(CCC12C)C3. The summed E-state index contributed by atoms with van der Waals surface area (Å²) in [5, 5.41) is 0. The third-order valence-electron chi connectivity index (χ3n) is 11.3. The van der Waals surface area contributed by atoms with E-state index in [1.807, 2.05) is 18.2 Å². The van der Waals surface area contributed by atoms with E-state index in [9.17, 15) is 0 Å². The highest BCUT2D eigenvalue weighted by Crippen LogP contribution is 2.67. The molecule has 4 aliphatic rings. The minimum Gasteiger partial charge on any atom is -0.488 e. The number of allylic oxidation sites excluding steroid dienone is 2. The summed E-state index contributed by atoms with van der Waals surface area (Å²) in [4.78, 5) is 0. The molecule has 3 nitrogen and oxygen atoms in total. The van der Waals surface area contributed by atoms with Gasteiger partial charge in [0.1, 0.15) is 5.75 Å². The number of hydrogen-bond donors (Lipinski definition) is 2. The zero-order chi connectivity index (χ0) is 24.8. The van der Waals surface area contributed by atoms with E-state index in [1.165, 1.54) is 82.6 Å². The number of fused-ring (bicyclic) bond motifs is 3. The van der Waals surface area contributed by atoms with Crippen LogP contribution in [-0.4, -0.2) is 6.10 Å². The van der Waals surface area contributed by atoms with Crippen LogP contribution in [0.3, 0.4) is 0 Å². The van der Waals surface area contributed by atoms with E-state index < -0.39 is 0 Å². The van der Waals surface area contributed by atoms with E-state index in [-0.39, 0.29) is 0 Å². The first-order chi connectivity index (χ1) is 16.7. The number of ether oxygens (including phenoxy) is 1. The topological polar surface area (TPSA) is 61.3 Å². The zero-order valence-electron chi connectivity index (χ0n) is 22.8. The average molecular weight is 479 g/mol. The molecule has 0 heterocycles. The molecule has 4 saturated carbocycles.